The molecule has 0 amide bonds. The van der Waals surface area contributed by atoms with Crippen LogP contribution in [-0.2, 0) is 38.1 Å². The maximum atomic E-state index is 13.2. The van der Waals surface area contributed by atoms with Crippen LogP contribution in [0, 0.1) is 0 Å². The van der Waals surface area contributed by atoms with Gasteiger partial charge < -0.3 is 28.7 Å². The molecular formula is C20H20N2O8. The molecule has 1 aromatic rings. The minimum absolute atomic E-state index is 0.269. The van der Waals surface area contributed by atoms with E-state index in [1.165, 1.54) is 16.0 Å². The molecule has 2 aliphatic rings. The lowest BCUT2D eigenvalue weighted by molar-refractivity contribution is -0.149. The average molecular weight is 416 g/mol. The van der Waals surface area contributed by atoms with Gasteiger partial charge in [-0.2, -0.15) is 0 Å². The first-order valence-electron chi connectivity index (χ1n) is 8.73. The van der Waals surface area contributed by atoms with Crippen molar-refractivity contribution in [2.75, 3.05) is 45.3 Å². The number of ether oxygens (including phenoxy) is 4. The van der Waals surface area contributed by atoms with Crippen molar-refractivity contribution in [1.82, 2.24) is 0 Å². The minimum Gasteiger partial charge on any atom is -0.466 e. The Morgan fingerprint density at radius 3 is 1.90 bits per heavy atom. The zero-order chi connectivity index (χ0) is 22.2. The van der Waals surface area contributed by atoms with Crippen molar-refractivity contribution in [2.24, 2.45) is 0 Å². The predicted octanol–water partition coefficient (Wildman–Crippen LogP) is 0.525. The van der Waals surface area contributed by atoms with Crippen LogP contribution in [0.15, 0.2) is 47.2 Å². The summed E-state index contributed by atoms with van der Waals surface area (Å²) in [7, 11) is 6.02. The van der Waals surface area contributed by atoms with Gasteiger partial charge in [-0.05, 0) is 12.1 Å². The van der Waals surface area contributed by atoms with Gasteiger partial charge in [0, 0.05) is 13.2 Å². The van der Waals surface area contributed by atoms with Crippen LogP contribution in [0.2, 0.25) is 0 Å². The molecule has 0 saturated carbocycles. The van der Waals surface area contributed by atoms with Crippen molar-refractivity contribution in [2.45, 2.75) is 5.66 Å². The average Bonchev–Trinajstić information content (AvgIpc) is 3.04. The summed E-state index contributed by atoms with van der Waals surface area (Å²) in [6.07, 6.45) is 1.27. The molecule has 2 heterocycles. The van der Waals surface area contributed by atoms with Gasteiger partial charge in [0.1, 0.15) is 5.57 Å². The summed E-state index contributed by atoms with van der Waals surface area (Å²) < 4.78 is 19.6. The number of carbonyl (C=O) groups is 4. The smallest absolute Gasteiger partial charge is 0.358 e. The van der Waals surface area contributed by atoms with Crippen LogP contribution in [0.5, 0.6) is 0 Å². The molecule has 0 spiro atoms. The Balaban J connectivity index is 2.51. The fraction of sp³-hybridized carbons (Fsp3) is 0.300. The van der Waals surface area contributed by atoms with E-state index < -0.39 is 40.7 Å². The quantitative estimate of drug-likeness (QED) is 0.509. The van der Waals surface area contributed by atoms with Gasteiger partial charge in [0.15, 0.2) is 0 Å². The number of rotatable bonds is 4. The van der Waals surface area contributed by atoms with Crippen molar-refractivity contribution < 1.29 is 38.1 Å². The molecule has 0 aliphatic carbocycles. The third kappa shape index (κ3) is 2.56. The van der Waals surface area contributed by atoms with Crippen LogP contribution < -0.4 is 9.80 Å². The standard InChI is InChI=1S/C20H20N2O8/c1-21-12-8-6-7-9-13(12)22-10-11(16(23)27-2)14(17(24)28-3)15(18(25)29-4)20(21,22)19(26)30-5/h6-10H,1-5H3. The van der Waals surface area contributed by atoms with Gasteiger partial charge in [-0.1, -0.05) is 12.1 Å². The summed E-state index contributed by atoms with van der Waals surface area (Å²) in [6.45, 7) is 0. The number of benzene rings is 1. The molecule has 1 aromatic carbocycles. The molecule has 0 bridgehead atoms. The van der Waals surface area contributed by atoms with Crippen LogP contribution in [0.4, 0.5) is 11.4 Å². The maximum Gasteiger partial charge on any atom is 0.358 e. The van der Waals surface area contributed by atoms with Crippen LogP contribution >= 0.6 is 0 Å². The summed E-state index contributed by atoms with van der Waals surface area (Å²) in [6, 6.07) is 6.88. The molecule has 158 valence electrons. The second-order valence-corrected chi connectivity index (χ2v) is 6.35. The molecule has 10 nitrogen and oxygen atoms in total. The highest BCUT2D eigenvalue weighted by Crippen LogP contribution is 2.52. The number of carbonyl (C=O) groups excluding carboxylic acids is 4. The Morgan fingerprint density at radius 2 is 1.37 bits per heavy atom. The first-order valence-corrected chi connectivity index (χ1v) is 8.73. The van der Waals surface area contributed by atoms with Crippen molar-refractivity contribution in [3.05, 3.63) is 47.2 Å². The summed E-state index contributed by atoms with van der Waals surface area (Å²) >= 11 is 0. The number of nitrogens with zero attached hydrogens (tertiary/aromatic N) is 2. The molecule has 1 atom stereocenters. The van der Waals surface area contributed by atoms with Gasteiger partial charge in [-0.15, -0.1) is 0 Å². The molecule has 0 radical (unpaired) electrons. The largest absolute Gasteiger partial charge is 0.466 e. The number of fused-ring (bicyclic) bond motifs is 3. The molecule has 0 saturated heterocycles. The number of hydrogen-bond acceptors (Lipinski definition) is 10. The second-order valence-electron chi connectivity index (χ2n) is 6.35. The molecule has 0 fully saturated rings. The first-order chi connectivity index (χ1) is 14.3. The zero-order valence-corrected chi connectivity index (χ0v) is 17.0. The van der Waals surface area contributed by atoms with E-state index in [9.17, 15) is 19.2 Å². The molecule has 2 aliphatic heterocycles. The van der Waals surface area contributed by atoms with Gasteiger partial charge >= 0.3 is 23.9 Å². The molecule has 0 N–H and O–H groups in total. The zero-order valence-electron chi connectivity index (χ0n) is 17.0. The van der Waals surface area contributed by atoms with Crippen LogP contribution in [0.1, 0.15) is 0 Å². The Kier molecular flexibility index (Phi) is 5.26. The third-order valence-electron chi connectivity index (χ3n) is 5.12. The van der Waals surface area contributed by atoms with E-state index in [0.717, 1.165) is 28.4 Å². The van der Waals surface area contributed by atoms with Crippen molar-refractivity contribution >= 4 is 35.3 Å². The molecule has 3 rings (SSSR count). The van der Waals surface area contributed by atoms with Crippen molar-refractivity contribution in [3.8, 4) is 0 Å². The molecule has 10 heteroatoms. The number of anilines is 2. The fourth-order valence-electron chi connectivity index (χ4n) is 3.82. The van der Waals surface area contributed by atoms with E-state index in [4.69, 9.17) is 18.9 Å². The maximum absolute atomic E-state index is 13.2. The van der Waals surface area contributed by atoms with E-state index in [1.807, 2.05) is 0 Å². The Labute approximate surface area is 172 Å². The summed E-state index contributed by atoms with van der Waals surface area (Å²) in [4.78, 5) is 54.4. The summed E-state index contributed by atoms with van der Waals surface area (Å²) in [5.41, 5.74) is -2.04. The van der Waals surface area contributed by atoms with E-state index in [-0.39, 0.29) is 5.57 Å². The van der Waals surface area contributed by atoms with Crippen LogP contribution in [-0.4, -0.2) is 65.0 Å². The van der Waals surface area contributed by atoms with Crippen molar-refractivity contribution in [3.63, 3.8) is 0 Å². The number of esters is 4. The highest BCUT2D eigenvalue weighted by molar-refractivity contribution is 6.19. The van der Waals surface area contributed by atoms with Crippen LogP contribution in [0.3, 0.4) is 0 Å². The summed E-state index contributed by atoms with van der Waals surface area (Å²) in [5.74, 6) is -3.80. The fourth-order valence-corrected chi connectivity index (χ4v) is 3.82. The Morgan fingerprint density at radius 1 is 0.800 bits per heavy atom. The van der Waals surface area contributed by atoms with Crippen molar-refractivity contribution in [1.29, 1.82) is 0 Å². The van der Waals surface area contributed by atoms with Gasteiger partial charge in [0.25, 0.3) is 5.66 Å². The molecule has 1 unspecified atom stereocenters. The van der Waals surface area contributed by atoms with Crippen LogP contribution in [0.25, 0.3) is 0 Å². The van der Waals surface area contributed by atoms with Gasteiger partial charge in [0.05, 0.1) is 51.0 Å². The highest BCUT2D eigenvalue weighted by atomic mass is 16.5. The molecular weight excluding hydrogens is 396 g/mol. The minimum atomic E-state index is -1.95. The van der Waals surface area contributed by atoms with E-state index >= 15 is 0 Å². The predicted molar refractivity (Wildman–Crippen MR) is 103 cm³/mol. The Hall–Kier alpha value is -3.82. The highest BCUT2D eigenvalue weighted by Gasteiger charge is 2.63. The molecule has 30 heavy (non-hydrogen) atoms. The Bertz CT molecular complexity index is 1010. The number of para-hydroxylation sites is 2. The van der Waals surface area contributed by atoms with E-state index in [1.54, 1.807) is 31.3 Å². The number of likely N-dealkylation sites (N-methyl/N-ethyl adjacent to an activating group) is 1. The summed E-state index contributed by atoms with van der Waals surface area (Å²) in [5, 5.41) is 0. The number of hydrogen-bond donors (Lipinski definition) is 0. The first kappa shape index (κ1) is 20.9. The SMILES string of the molecule is COC(=O)C1=CN2c3ccccc3N(C)C2(C(=O)OC)C(C(=O)OC)=C1C(=O)OC. The van der Waals surface area contributed by atoms with Gasteiger partial charge in [-0.3, -0.25) is 0 Å². The monoisotopic (exact) mass is 416 g/mol. The lowest BCUT2D eigenvalue weighted by atomic mass is 9.85. The topological polar surface area (TPSA) is 112 Å². The van der Waals surface area contributed by atoms with Gasteiger partial charge in [0.2, 0.25) is 0 Å². The van der Waals surface area contributed by atoms with E-state index in [2.05, 4.69) is 0 Å². The normalized spacial score (nSPS) is 19.4. The van der Waals surface area contributed by atoms with Gasteiger partial charge in [-0.25, -0.2) is 19.2 Å². The second kappa shape index (κ2) is 7.54. The third-order valence-corrected chi connectivity index (χ3v) is 5.12. The lowest BCUT2D eigenvalue weighted by Gasteiger charge is -2.43. The lowest BCUT2D eigenvalue weighted by Crippen LogP contribution is -2.65. The van der Waals surface area contributed by atoms with E-state index in [0.29, 0.717) is 11.4 Å². The number of methoxy groups -OCH3 is 4. The molecule has 0 aromatic heterocycles.